The Balaban J connectivity index is 3.30. The molecule has 0 rings (SSSR count). The Morgan fingerprint density at radius 2 is 1.56 bits per heavy atom. The normalized spacial score (nSPS) is 9.88. The van der Waals surface area contributed by atoms with Gasteiger partial charge in [-0.2, -0.15) is 0 Å². The Hall–Kier alpha value is -1.14. The van der Waals surface area contributed by atoms with Gasteiger partial charge in [0.2, 0.25) is 0 Å². The Labute approximate surface area is 94.5 Å². The van der Waals surface area contributed by atoms with E-state index in [1.165, 1.54) is 7.11 Å². The highest BCUT2D eigenvalue weighted by Crippen LogP contribution is 2.02. The predicted octanol–water partition coefficient (Wildman–Crippen LogP) is 0.229. The summed E-state index contributed by atoms with van der Waals surface area (Å²) in [4.78, 5) is 21.8. The molecule has 0 fully saturated rings. The third kappa shape index (κ3) is 9.42. The molecular formula is C10H18O6. The molecule has 0 unspecified atom stereocenters. The molecule has 0 atom stereocenters. The zero-order valence-corrected chi connectivity index (χ0v) is 9.44. The van der Waals surface area contributed by atoms with E-state index in [9.17, 15) is 9.59 Å². The van der Waals surface area contributed by atoms with Crippen LogP contribution in [0.25, 0.3) is 0 Å². The fraction of sp³-hybridized carbons (Fsp3) is 0.800. The number of hydrogen-bond donors (Lipinski definition) is 1. The first kappa shape index (κ1) is 14.9. The summed E-state index contributed by atoms with van der Waals surface area (Å²) < 4.78 is 13.8. The van der Waals surface area contributed by atoms with Crippen LogP contribution in [0, 0.1) is 0 Å². The van der Waals surface area contributed by atoms with Gasteiger partial charge in [-0.15, -0.1) is 0 Å². The average molecular weight is 234 g/mol. The number of carbonyl (C=O) groups excluding carboxylic acids is 2. The molecule has 0 bridgehead atoms. The van der Waals surface area contributed by atoms with Gasteiger partial charge in [-0.3, -0.25) is 9.59 Å². The second-order valence-electron chi connectivity index (χ2n) is 3.07. The molecule has 1 N–H and O–H groups in total. The van der Waals surface area contributed by atoms with E-state index in [-0.39, 0.29) is 25.4 Å². The topological polar surface area (TPSA) is 82.1 Å². The molecule has 0 spiro atoms. The number of rotatable bonds is 9. The van der Waals surface area contributed by atoms with E-state index in [2.05, 4.69) is 4.74 Å². The standard InChI is InChI=1S/C10H18O6/c1-14-6-7-15-9(12)4-2-3-5-10(13)16-8-11/h11H,2-8H2,1H3. The number of esters is 2. The lowest BCUT2D eigenvalue weighted by atomic mass is 10.2. The summed E-state index contributed by atoms with van der Waals surface area (Å²) in [5.41, 5.74) is 0. The van der Waals surface area contributed by atoms with Crippen LogP contribution in [0.2, 0.25) is 0 Å². The molecule has 94 valence electrons. The van der Waals surface area contributed by atoms with Gasteiger partial charge in [0.25, 0.3) is 0 Å². The molecule has 0 heterocycles. The number of hydrogen-bond acceptors (Lipinski definition) is 6. The Morgan fingerprint density at radius 3 is 2.06 bits per heavy atom. The monoisotopic (exact) mass is 234 g/mol. The smallest absolute Gasteiger partial charge is 0.307 e. The van der Waals surface area contributed by atoms with E-state index < -0.39 is 12.8 Å². The summed E-state index contributed by atoms with van der Waals surface area (Å²) in [6.45, 7) is 0.0361. The summed E-state index contributed by atoms with van der Waals surface area (Å²) >= 11 is 0. The van der Waals surface area contributed by atoms with Crippen molar-refractivity contribution in [2.24, 2.45) is 0 Å². The maximum Gasteiger partial charge on any atom is 0.307 e. The highest BCUT2D eigenvalue weighted by Gasteiger charge is 2.05. The van der Waals surface area contributed by atoms with Gasteiger partial charge < -0.3 is 19.3 Å². The number of ether oxygens (including phenoxy) is 3. The molecule has 16 heavy (non-hydrogen) atoms. The Morgan fingerprint density at radius 1 is 1.00 bits per heavy atom. The van der Waals surface area contributed by atoms with Gasteiger partial charge in [0.15, 0.2) is 6.79 Å². The molecule has 0 aliphatic carbocycles. The van der Waals surface area contributed by atoms with Crippen LogP contribution < -0.4 is 0 Å². The van der Waals surface area contributed by atoms with E-state index in [1.807, 2.05) is 0 Å². The average Bonchev–Trinajstić information content (AvgIpc) is 2.25. The highest BCUT2D eigenvalue weighted by atomic mass is 16.6. The largest absolute Gasteiger partial charge is 0.463 e. The van der Waals surface area contributed by atoms with Gasteiger partial charge in [-0.1, -0.05) is 0 Å². The summed E-state index contributed by atoms with van der Waals surface area (Å²) in [6.07, 6.45) is 1.58. The van der Waals surface area contributed by atoms with Crippen molar-refractivity contribution in [2.75, 3.05) is 27.1 Å². The maximum absolute atomic E-state index is 11.1. The Bertz CT molecular complexity index is 203. The molecule has 0 aromatic rings. The summed E-state index contributed by atoms with van der Waals surface area (Å²) in [6, 6.07) is 0. The summed E-state index contributed by atoms with van der Waals surface area (Å²) in [7, 11) is 1.53. The van der Waals surface area contributed by atoms with Crippen molar-refractivity contribution in [1.82, 2.24) is 0 Å². The lowest BCUT2D eigenvalue weighted by Gasteiger charge is -2.03. The van der Waals surface area contributed by atoms with Crippen molar-refractivity contribution in [3.8, 4) is 0 Å². The van der Waals surface area contributed by atoms with Crippen LogP contribution in [0.4, 0.5) is 0 Å². The van der Waals surface area contributed by atoms with Crippen molar-refractivity contribution < 1.29 is 28.9 Å². The molecule has 0 aromatic carbocycles. The molecule has 0 saturated heterocycles. The zero-order valence-electron chi connectivity index (χ0n) is 9.44. The fourth-order valence-corrected chi connectivity index (χ4v) is 0.994. The van der Waals surface area contributed by atoms with Gasteiger partial charge >= 0.3 is 11.9 Å². The van der Waals surface area contributed by atoms with Gasteiger partial charge in [0, 0.05) is 20.0 Å². The molecule has 0 aromatic heterocycles. The molecule has 0 saturated carbocycles. The SMILES string of the molecule is COCCOC(=O)CCCCC(=O)OCO. The van der Waals surface area contributed by atoms with Crippen LogP contribution in [-0.2, 0) is 23.8 Å². The van der Waals surface area contributed by atoms with E-state index >= 15 is 0 Å². The zero-order chi connectivity index (χ0) is 12.2. The van der Waals surface area contributed by atoms with Gasteiger partial charge in [-0.25, -0.2) is 0 Å². The summed E-state index contributed by atoms with van der Waals surface area (Å²) in [5.74, 6) is -0.761. The molecule has 0 aliphatic rings. The molecule has 6 nitrogen and oxygen atoms in total. The maximum atomic E-state index is 11.1. The second-order valence-corrected chi connectivity index (χ2v) is 3.07. The Kier molecular flexibility index (Phi) is 9.64. The third-order valence-electron chi connectivity index (χ3n) is 1.79. The molecule has 0 amide bonds. The lowest BCUT2D eigenvalue weighted by molar-refractivity contribution is -0.152. The third-order valence-corrected chi connectivity index (χ3v) is 1.79. The number of methoxy groups -OCH3 is 1. The quantitative estimate of drug-likeness (QED) is 0.349. The van der Waals surface area contributed by atoms with Crippen LogP contribution in [0.3, 0.4) is 0 Å². The minimum atomic E-state index is -0.599. The minimum absolute atomic E-state index is 0.200. The van der Waals surface area contributed by atoms with Crippen molar-refractivity contribution in [1.29, 1.82) is 0 Å². The van der Waals surface area contributed by atoms with E-state index in [0.29, 0.717) is 19.4 Å². The summed E-state index contributed by atoms with van der Waals surface area (Å²) in [5, 5.41) is 8.27. The molecule has 0 radical (unpaired) electrons. The predicted molar refractivity (Wildman–Crippen MR) is 54.5 cm³/mol. The van der Waals surface area contributed by atoms with Crippen molar-refractivity contribution >= 4 is 11.9 Å². The van der Waals surface area contributed by atoms with Crippen LogP contribution in [0.5, 0.6) is 0 Å². The first-order chi connectivity index (χ1) is 7.70. The van der Waals surface area contributed by atoms with Crippen molar-refractivity contribution in [2.45, 2.75) is 25.7 Å². The first-order valence-electron chi connectivity index (χ1n) is 5.11. The molecular weight excluding hydrogens is 216 g/mol. The van der Waals surface area contributed by atoms with Crippen LogP contribution >= 0.6 is 0 Å². The van der Waals surface area contributed by atoms with Gasteiger partial charge in [0.1, 0.15) is 6.61 Å². The molecule has 0 aliphatic heterocycles. The van der Waals surface area contributed by atoms with E-state index in [0.717, 1.165) is 0 Å². The number of carbonyl (C=O) groups is 2. The minimum Gasteiger partial charge on any atom is -0.463 e. The van der Waals surface area contributed by atoms with Crippen molar-refractivity contribution in [3.05, 3.63) is 0 Å². The van der Waals surface area contributed by atoms with Gasteiger partial charge in [0.05, 0.1) is 6.61 Å². The second kappa shape index (κ2) is 10.4. The highest BCUT2D eigenvalue weighted by molar-refractivity contribution is 5.70. The van der Waals surface area contributed by atoms with Gasteiger partial charge in [-0.05, 0) is 12.8 Å². The fourth-order valence-electron chi connectivity index (χ4n) is 0.994. The van der Waals surface area contributed by atoms with Crippen LogP contribution in [0.1, 0.15) is 25.7 Å². The van der Waals surface area contributed by atoms with Crippen LogP contribution in [0.15, 0.2) is 0 Å². The number of aliphatic hydroxyl groups excluding tert-OH is 1. The number of unbranched alkanes of at least 4 members (excludes halogenated alkanes) is 1. The van der Waals surface area contributed by atoms with E-state index in [4.69, 9.17) is 14.6 Å². The number of aliphatic hydroxyl groups is 1. The first-order valence-corrected chi connectivity index (χ1v) is 5.11. The van der Waals surface area contributed by atoms with Crippen LogP contribution in [-0.4, -0.2) is 44.2 Å². The van der Waals surface area contributed by atoms with E-state index in [1.54, 1.807) is 0 Å². The van der Waals surface area contributed by atoms with Crippen molar-refractivity contribution in [3.63, 3.8) is 0 Å². The lowest BCUT2D eigenvalue weighted by Crippen LogP contribution is -2.10. The molecule has 6 heteroatoms.